The van der Waals surface area contributed by atoms with Gasteiger partial charge in [0.2, 0.25) is 0 Å². The Hall–Kier alpha value is -3.15. The maximum Gasteiger partial charge on any atom is 0.276 e. The average molecular weight is 351 g/mol. The highest BCUT2D eigenvalue weighted by molar-refractivity contribution is 6.06. The van der Waals surface area contributed by atoms with Crippen molar-refractivity contribution in [1.82, 2.24) is 9.78 Å². The SMILES string of the molecule is Cc1c(COc2ccccc2)nn2c1C(=O)N(c1ccc(F)cc1)CC2. The second kappa shape index (κ2) is 6.63. The quantitative estimate of drug-likeness (QED) is 0.722. The predicted molar refractivity (Wildman–Crippen MR) is 95.8 cm³/mol. The van der Waals surface area contributed by atoms with Crippen LogP contribution in [-0.2, 0) is 13.2 Å². The Balaban J connectivity index is 1.57. The van der Waals surface area contributed by atoms with Gasteiger partial charge in [0.05, 0.1) is 6.54 Å². The topological polar surface area (TPSA) is 47.4 Å². The van der Waals surface area contributed by atoms with Crippen molar-refractivity contribution in [1.29, 1.82) is 0 Å². The summed E-state index contributed by atoms with van der Waals surface area (Å²) in [6, 6.07) is 15.5. The molecule has 0 saturated heterocycles. The van der Waals surface area contributed by atoms with E-state index < -0.39 is 0 Å². The van der Waals surface area contributed by atoms with E-state index >= 15 is 0 Å². The highest BCUT2D eigenvalue weighted by atomic mass is 19.1. The summed E-state index contributed by atoms with van der Waals surface area (Å²) in [7, 11) is 0. The van der Waals surface area contributed by atoms with Crippen LogP contribution in [0.3, 0.4) is 0 Å². The lowest BCUT2D eigenvalue weighted by atomic mass is 10.1. The standard InChI is InChI=1S/C20H18FN3O2/c1-14-18(13-26-17-5-3-2-4-6-17)22-24-12-11-23(20(25)19(14)24)16-9-7-15(21)8-10-16/h2-10H,11-13H2,1H3. The van der Waals surface area contributed by atoms with Gasteiger partial charge in [-0.2, -0.15) is 5.10 Å². The lowest BCUT2D eigenvalue weighted by Crippen LogP contribution is -2.40. The van der Waals surface area contributed by atoms with Gasteiger partial charge in [-0.05, 0) is 43.3 Å². The maximum absolute atomic E-state index is 13.2. The Morgan fingerprint density at radius 3 is 2.54 bits per heavy atom. The number of hydrogen-bond acceptors (Lipinski definition) is 3. The molecule has 4 rings (SSSR count). The fourth-order valence-corrected chi connectivity index (χ4v) is 3.13. The molecule has 26 heavy (non-hydrogen) atoms. The fourth-order valence-electron chi connectivity index (χ4n) is 3.13. The number of aromatic nitrogens is 2. The van der Waals surface area contributed by atoms with Crippen LogP contribution in [0.2, 0.25) is 0 Å². The summed E-state index contributed by atoms with van der Waals surface area (Å²) in [5.74, 6) is 0.315. The Morgan fingerprint density at radius 2 is 1.81 bits per heavy atom. The Labute approximate surface area is 150 Å². The predicted octanol–water partition coefficient (Wildman–Crippen LogP) is 3.57. The van der Waals surface area contributed by atoms with Crippen molar-refractivity contribution in [3.8, 4) is 5.75 Å². The highest BCUT2D eigenvalue weighted by Crippen LogP contribution is 2.25. The van der Waals surface area contributed by atoms with E-state index in [1.807, 2.05) is 37.3 Å². The van der Waals surface area contributed by atoms with Gasteiger partial charge in [0, 0.05) is 17.8 Å². The zero-order valence-electron chi connectivity index (χ0n) is 14.4. The van der Waals surface area contributed by atoms with Crippen LogP contribution in [0, 0.1) is 12.7 Å². The van der Waals surface area contributed by atoms with Crippen molar-refractivity contribution in [3.05, 3.63) is 77.4 Å². The smallest absolute Gasteiger partial charge is 0.276 e. The summed E-state index contributed by atoms with van der Waals surface area (Å²) < 4.78 is 20.7. The monoisotopic (exact) mass is 351 g/mol. The third kappa shape index (κ3) is 2.94. The van der Waals surface area contributed by atoms with Gasteiger partial charge >= 0.3 is 0 Å². The molecule has 0 aliphatic carbocycles. The molecule has 0 fully saturated rings. The number of para-hydroxylation sites is 1. The van der Waals surface area contributed by atoms with E-state index in [1.165, 1.54) is 12.1 Å². The number of ether oxygens (including phenoxy) is 1. The molecule has 6 heteroatoms. The molecule has 2 heterocycles. The van der Waals surface area contributed by atoms with E-state index in [9.17, 15) is 9.18 Å². The van der Waals surface area contributed by atoms with Crippen molar-refractivity contribution >= 4 is 11.6 Å². The molecule has 0 unspecified atom stereocenters. The minimum Gasteiger partial charge on any atom is -0.487 e. The first-order chi connectivity index (χ1) is 12.6. The lowest BCUT2D eigenvalue weighted by molar-refractivity contribution is 0.0961. The van der Waals surface area contributed by atoms with Gasteiger partial charge in [0.1, 0.15) is 29.6 Å². The van der Waals surface area contributed by atoms with E-state index in [1.54, 1.807) is 21.7 Å². The summed E-state index contributed by atoms with van der Waals surface area (Å²) in [5.41, 5.74) is 2.81. The zero-order chi connectivity index (χ0) is 18.1. The van der Waals surface area contributed by atoms with Gasteiger partial charge in [-0.25, -0.2) is 4.39 Å². The van der Waals surface area contributed by atoms with Crippen LogP contribution in [0.15, 0.2) is 54.6 Å². The molecule has 0 bridgehead atoms. The lowest BCUT2D eigenvalue weighted by Gasteiger charge is -2.28. The van der Waals surface area contributed by atoms with Crippen LogP contribution in [-0.4, -0.2) is 22.2 Å². The van der Waals surface area contributed by atoms with Crippen LogP contribution in [0.5, 0.6) is 5.75 Å². The van der Waals surface area contributed by atoms with Crippen molar-refractivity contribution in [2.75, 3.05) is 11.4 Å². The molecule has 1 aliphatic heterocycles. The van der Waals surface area contributed by atoms with Crippen LogP contribution < -0.4 is 9.64 Å². The number of amides is 1. The minimum absolute atomic E-state index is 0.126. The first kappa shape index (κ1) is 16.3. The minimum atomic E-state index is -0.320. The molecule has 1 aliphatic rings. The molecule has 1 aromatic heterocycles. The summed E-state index contributed by atoms with van der Waals surface area (Å²) in [6.45, 7) is 3.27. The number of halogens is 1. The largest absolute Gasteiger partial charge is 0.487 e. The number of hydrogen-bond donors (Lipinski definition) is 0. The molecule has 5 nitrogen and oxygen atoms in total. The Morgan fingerprint density at radius 1 is 1.08 bits per heavy atom. The van der Waals surface area contributed by atoms with Crippen molar-refractivity contribution in [3.63, 3.8) is 0 Å². The number of carbonyl (C=O) groups excluding carboxylic acids is 1. The molecule has 3 aromatic rings. The summed E-state index contributed by atoms with van der Waals surface area (Å²) in [4.78, 5) is 14.6. The molecule has 1 amide bonds. The summed E-state index contributed by atoms with van der Waals surface area (Å²) in [5, 5.41) is 4.54. The maximum atomic E-state index is 13.2. The first-order valence-corrected chi connectivity index (χ1v) is 8.45. The highest BCUT2D eigenvalue weighted by Gasteiger charge is 2.30. The Bertz CT molecular complexity index is 936. The number of carbonyl (C=O) groups is 1. The third-order valence-electron chi connectivity index (χ3n) is 4.53. The van der Waals surface area contributed by atoms with Crippen molar-refractivity contribution in [2.45, 2.75) is 20.1 Å². The molecule has 0 N–H and O–H groups in total. The number of fused-ring (bicyclic) bond motifs is 1. The molecule has 0 saturated carbocycles. The van der Waals surface area contributed by atoms with Gasteiger partial charge in [0.25, 0.3) is 5.91 Å². The number of anilines is 1. The zero-order valence-corrected chi connectivity index (χ0v) is 14.4. The van der Waals surface area contributed by atoms with E-state index in [2.05, 4.69) is 5.10 Å². The van der Waals surface area contributed by atoms with Crippen LogP contribution in [0.1, 0.15) is 21.7 Å². The Kier molecular flexibility index (Phi) is 4.16. The van der Waals surface area contributed by atoms with E-state index in [0.29, 0.717) is 31.1 Å². The van der Waals surface area contributed by atoms with Gasteiger partial charge in [0.15, 0.2) is 0 Å². The van der Waals surface area contributed by atoms with Gasteiger partial charge in [-0.15, -0.1) is 0 Å². The number of nitrogens with zero attached hydrogens (tertiary/aromatic N) is 3. The van der Waals surface area contributed by atoms with Gasteiger partial charge < -0.3 is 9.64 Å². The molecule has 0 radical (unpaired) electrons. The normalized spacial score (nSPS) is 13.6. The van der Waals surface area contributed by atoms with E-state index in [-0.39, 0.29) is 11.7 Å². The number of benzene rings is 2. The second-order valence-corrected chi connectivity index (χ2v) is 6.18. The number of rotatable bonds is 4. The summed E-state index contributed by atoms with van der Waals surface area (Å²) in [6.07, 6.45) is 0. The molecular formula is C20H18FN3O2. The van der Waals surface area contributed by atoms with E-state index in [0.717, 1.165) is 17.0 Å². The fraction of sp³-hybridized carbons (Fsp3) is 0.200. The van der Waals surface area contributed by atoms with Crippen molar-refractivity contribution < 1.29 is 13.9 Å². The average Bonchev–Trinajstić information content (AvgIpc) is 2.99. The van der Waals surface area contributed by atoms with Gasteiger partial charge in [-0.1, -0.05) is 18.2 Å². The second-order valence-electron chi connectivity index (χ2n) is 6.18. The molecule has 0 spiro atoms. The summed E-state index contributed by atoms with van der Waals surface area (Å²) >= 11 is 0. The molecular weight excluding hydrogens is 333 g/mol. The first-order valence-electron chi connectivity index (χ1n) is 8.45. The van der Waals surface area contributed by atoms with E-state index in [4.69, 9.17) is 4.74 Å². The molecule has 132 valence electrons. The van der Waals surface area contributed by atoms with Crippen LogP contribution >= 0.6 is 0 Å². The van der Waals surface area contributed by atoms with Crippen molar-refractivity contribution in [2.24, 2.45) is 0 Å². The third-order valence-corrected chi connectivity index (χ3v) is 4.53. The van der Waals surface area contributed by atoms with Crippen LogP contribution in [0.4, 0.5) is 10.1 Å². The van der Waals surface area contributed by atoms with Crippen LogP contribution in [0.25, 0.3) is 0 Å². The molecule has 2 aromatic carbocycles. The van der Waals surface area contributed by atoms with Gasteiger partial charge in [-0.3, -0.25) is 9.48 Å². The molecule has 0 atom stereocenters.